The Labute approximate surface area is 107 Å². The van der Waals surface area contributed by atoms with E-state index >= 15 is 0 Å². The standard InChI is InChI=1S/C14H18N2O2/c1-2-3-9-18-13(17)14(16,11-15)10-12-7-5-4-6-8-12/h4-8H,2-3,9-10,16H2,1H3. The number of esters is 1. The lowest BCUT2D eigenvalue weighted by molar-refractivity contribution is -0.148. The summed E-state index contributed by atoms with van der Waals surface area (Å²) in [6.07, 6.45) is 1.87. The highest BCUT2D eigenvalue weighted by Crippen LogP contribution is 2.12. The van der Waals surface area contributed by atoms with Gasteiger partial charge in [-0.1, -0.05) is 43.7 Å². The number of ether oxygens (including phenoxy) is 1. The topological polar surface area (TPSA) is 76.1 Å². The van der Waals surface area contributed by atoms with Crippen LogP contribution in [0.15, 0.2) is 30.3 Å². The summed E-state index contributed by atoms with van der Waals surface area (Å²) >= 11 is 0. The summed E-state index contributed by atoms with van der Waals surface area (Å²) in [5.74, 6) is -0.651. The molecule has 0 fully saturated rings. The molecule has 4 heteroatoms. The van der Waals surface area contributed by atoms with E-state index in [4.69, 9.17) is 15.7 Å². The van der Waals surface area contributed by atoms with Gasteiger partial charge in [-0.2, -0.15) is 5.26 Å². The monoisotopic (exact) mass is 246 g/mol. The Morgan fingerprint density at radius 1 is 1.44 bits per heavy atom. The van der Waals surface area contributed by atoms with Crippen molar-refractivity contribution in [2.24, 2.45) is 5.73 Å². The van der Waals surface area contributed by atoms with Gasteiger partial charge in [0, 0.05) is 6.42 Å². The minimum absolute atomic E-state index is 0.162. The Morgan fingerprint density at radius 2 is 2.11 bits per heavy atom. The summed E-state index contributed by atoms with van der Waals surface area (Å²) in [4.78, 5) is 11.8. The lowest BCUT2D eigenvalue weighted by atomic mass is 9.93. The highest BCUT2D eigenvalue weighted by atomic mass is 16.5. The predicted octanol–water partition coefficient (Wildman–Crippen LogP) is 1.79. The van der Waals surface area contributed by atoms with E-state index in [2.05, 4.69) is 0 Å². The largest absolute Gasteiger partial charge is 0.464 e. The first-order valence-electron chi connectivity index (χ1n) is 6.03. The molecule has 0 amide bonds. The molecule has 0 heterocycles. The molecular formula is C14H18N2O2. The Kier molecular flexibility index (Phi) is 5.34. The van der Waals surface area contributed by atoms with Crippen LogP contribution in [0.3, 0.4) is 0 Å². The minimum atomic E-state index is -1.60. The maximum absolute atomic E-state index is 11.8. The smallest absolute Gasteiger partial charge is 0.341 e. The number of nitrogens with two attached hydrogens (primary N) is 1. The molecule has 96 valence electrons. The number of nitrogens with zero attached hydrogens (tertiary/aromatic N) is 1. The van der Waals surface area contributed by atoms with Gasteiger partial charge in [-0.05, 0) is 12.0 Å². The van der Waals surface area contributed by atoms with Crippen molar-refractivity contribution in [3.05, 3.63) is 35.9 Å². The van der Waals surface area contributed by atoms with Crippen LogP contribution in [0, 0.1) is 11.3 Å². The lowest BCUT2D eigenvalue weighted by Gasteiger charge is -2.19. The molecule has 4 nitrogen and oxygen atoms in total. The van der Waals surface area contributed by atoms with Crippen LogP contribution >= 0.6 is 0 Å². The van der Waals surface area contributed by atoms with Gasteiger partial charge in [0.1, 0.15) is 0 Å². The second-order valence-electron chi connectivity index (χ2n) is 4.24. The Bertz CT molecular complexity index is 425. The SMILES string of the molecule is CCCCOC(=O)C(N)(C#N)Cc1ccccc1. The molecule has 0 spiro atoms. The van der Waals surface area contributed by atoms with Gasteiger partial charge in [-0.15, -0.1) is 0 Å². The van der Waals surface area contributed by atoms with Crippen molar-refractivity contribution in [2.75, 3.05) is 6.61 Å². The second-order valence-corrected chi connectivity index (χ2v) is 4.24. The molecule has 0 saturated carbocycles. The Morgan fingerprint density at radius 3 is 2.67 bits per heavy atom. The number of carbonyl (C=O) groups is 1. The molecule has 0 aliphatic heterocycles. The van der Waals surface area contributed by atoms with Crippen molar-refractivity contribution >= 4 is 5.97 Å². The van der Waals surface area contributed by atoms with Crippen molar-refractivity contribution in [1.29, 1.82) is 5.26 Å². The molecular weight excluding hydrogens is 228 g/mol. The van der Waals surface area contributed by atoms with Crippen LogP contribution < -0.4 is 5.73 Å². The molecule has 0 aromatic heterocycles. The van der Waals surface area contributed by atoms with E-state index in [0.717, 1.165) is 18.4 Å². The molecule has 1 aromatic carbocycles. The van der Waals surface area contributed by atoms with Gasteiger partial charge in [-0.3, -0.25) is 0 Å². The number of carbonyl (C=O) groups excluding carboxylic acids is 1. The molecule has 1 unspecified atom stereocenters. The van der Waals surface area contributed by atoms with Crippen molar-refractivity contribution in [1.82, 2.24) is 0 Å². The number of hydrogen-bond donors (Lipinski definition) is 1. The first kappa shape index (κ1) is 14.2. The van der Waals surface area contributed by atoms with Crippen LogP contribution in [0.1, 0.15) is 25.3 Å². The zero-order chi connectivity index (χ0) is 13.4. The van der Waals surface area contributed by atoms with E-state index in [1.807, 2.05) is 43.3 Å². The predicted molar refractivity (Wildman–Crippen MR) is 68.5 cm³/mol. The Hall–Kier alpha value is -1.86. The van der Waals surface area contributed by atoms with Crippen LogP contribution in [0.4, 0.5) is 0 Å². The molecule has 1 rings (SSSR count). The highest BCUT2D eigenvalue weighted by Gasteiger charge is 2.36. The maximum Gasteiger partial charge on any atom is 0.341 e. The van der Waals surface area contributed by atoms with E-state index in [-0.39, 0.29) is 6.42 Å². The molecule has 1 aromatic rings. The van der Waals surface area contributed by atoms with Gasteiger partial charge in [0.05, 0.1) is 12.7 Å². The van der Waals surface area contributed by atoms with Crippen molar-refractivity contribution in [2.45, 2.75) is 31.7 Å². The first-order chi connectivity index (χ1) is 8.62. The summed E-state index contributed by atoms with van der Waals surface area (Å²) in [6.45, 7) is 2.31. The molecule has 0 radical (unpaired) electrons. The van der Waals surface area contributed by atoms with E-state index in [1.165, 1.54) is 0 Å². The first-order valence-corrected chi connectivity index (χ1v) is 6.03. The summed E-state index contributed by atoms with van der Waals surface area (Å²) in [5.41, 5.74) is 5.06. The van der Waals surface area contributed by atoms with Crippen LogP contribution in [-0.2, 0) is 16.0 Å². The highest BCUT2D eigenvalue weighted by molar-refractivity contribution is 5.84. The fourth-order valence-corrected chi connectivity index (χ4v) is 1.51. The minimum Gasteiger partial charge on any atom is -0.464 e. The normalized spacial score (nSPS) is 13.4. The molecule has 1 atom stereocenters. The van der Waals surface area contributed by atoms with Gasteiger partial charge < -0.3 is 10.5 Å². The van der Waals surface area contributed by atoms with Crippen molar-refractivity contribution in [3.63, 3.8) is 0 Å². The van der Waals surface area contributed by atoms with E-state index in [0.29, 0.717) is 6.61 Å². The van der Waals surface area contributed by atoms with Gasteiger partial charge in [-0.25, -0.2) is 4.79 Å². The quantitative estimate of drug-likeness (QED) is 0.613. The molecule has 0 bridgehead atoms. The van der Waals surface area contributed by atoms with Crippen molar-refractivity contribution < 1.29 is 9.53 Å². The summed E-state index contributed by atoms with van der Waals surface area (Å²) in [7, 11) is 0. The number of nitriles is 1. The average molecular weight is 246 g/mol. The zero-order valence-electron chi connectivity index (χ0n) is 10.6. The average Bonchev–Trinajstić information content (AvgIpc) is 2.40. The van der Waals surface area contributed by atoms with Crippen LogP contribution in [0.5, 0.6) is 0 Å². The van der Waals surface area contributed by atoms with Crippen molar-refractivity contribution in [3.8, 4) is 6.07 Å². The lowest BCUT2D eigenvalue weighted by Crippen LogP contribution is -2.49. The second kappa shape index (κ2) is 6.77. The number of rotatable bonds is 6. The zero-order valence-corrected chi connectivity index (χ0v) is 10.6. The van der Waals surface area contributed by atoms with Crippen LogP contribution in [0.2, 0.25) is 0 Å². The van der Waals surface area contributed by atoms with E-state index in [1.54, 1.807) is 0 Å². The fourth-order valence-electron chi connectivity index (χ4n) is 1.51. The Balaban J connectivity index is 2.68. The van der Waals surface area contributed by atoms with Gasteiger partial charge in [0.25, 0.3) is 0 Å². The van der Waals surface area contributed by atoms with Crippen LogP contribution in [0.25, 0.3) is 0 Å². The summed E-state index contributed by atoms with van der Waals surface area (Å²) in [6, 6.07) is 11.1. The number of benzene rings is 1. The third-order valence-corrected chi connectivity index (χ3v) is 2.62. The summed E-state index contributed by atoms with van der Waals surface area (Å²) in [5, 5.41) is 9.10. The molecule has 2 N–H and O–H groups in total. The molecule has 0 saturated heterocycles. The molecule has 18 heavy (non-hydrogen) atoms. The van der Waals surface area contributed by atoms with Gasteiger partial charge in [0.2, 0.25) is 5.54 Å². The third-order valence-electron chi connectivity index (χ3n) is 2.62. The summed E-state index contributed by atoms with van der Waals surface area (Å²) < 4.78 is 5.02. The number of unbranched alkanes of at least 4 members (excludes halogenated alkanes) is 1. The fraction of sp³-hybridized carbons (Fsp3) is 0.429. The van der Waals surface area contributed by atoms with E-state index < -0.39 is 11.5 Å². The van der Waals surface area contributed by atoms with Gasteiger partial charge in [0.15, 0.2) is 0 Å². The molecule has 0 aliphatic carbocycles. The van der Waals surface area contributed by atoms with E-state index in [9.17, 15) is 4.79 Å². The third kappa shape index (κ3) is 3.86. The number of hydrogen-bond acceptors (Lipinski definition) is 4. The molecule has 0 aliphatic rings. The van der Waals surface area contributed by atoms with Gasteiger partial charge >= 0.3 is 5.97 Å². The van der Waals surface area contributed by atoms with Crippen LogP contribution in [-0.4, -0.2) is 18.1 Å². The maximum atomic E-state index is 11.8.